The zero-order chi connectivity index (χ0) is 28.0. The molecule has 0 spiro atoms. The first-order chi connectivity index (χ1) is 17.9. The molecule has 0 fully saturated rings. The number of hydrogen-bond acceptors (Lipinski definition) is 4. The van der Waals surface area contributed by atoms with E-state index in [-0.39, 0.29) is 33.8 Å². The zero-order valence-corrected chi connectivity index (χ0v) is 23.4. The average molecular weight is 581 g/mol. The summed E-state index contributed by atoms with van der Waals surface area (Å²) in [7, 11) is -4.27. The number of nitrogens with one attached hydrogen (secondary N) is 1. The van der Waals surface area contributed by atoms with Crippen LogP contribution in [0.2, 0.25) is 10.0 Å². The van der Waals surface area contributed by atoms with Crippen molar-refractivity contribution in [3.8, 4) is 0 Å². The van der Waals surface area contributed by atoms with Gasteiger partial charge in [-0.3, -0.25) is 13.9 Å². The van der Waals surface area contributed by atoms with Gasteiger partial charge < -0.3 is 10.2 Å². The lowest BCUT2D eigenvalue weighted by Crippen LogP contribution is -2.52. The van der Waals surface area contributed by atoms with Gasteiger partial charge in [-0.05, 0) is 69.3 Å². The summed E-state index contributed by atoms with van der Waals surface area (Å²) in [5, 5.41) is 3.35. The molecule has 0 saturated heterocycles. The van der Waals surface area contributed by atoms with Crippen molar-refractivity contribution in [3.05, 3.63) is 94.2 Å². The summed E-state index contributed by atoms with van der Waals surface area (Å²) in [6.07, 6.45) is 0. The maximum absolute atomic E-state index is 14.5. The number of carbonyl (C=O) groups is 2. The van der Waals surface area contributed by atoms with Gasteiger partial charge in [0, 0.05) is 28.2 Å². The van der Waals surface area contributed by atoms with Crippen LogP contribution >= 0.6 is 23.2 Å². The Morgan fingerprint density at radius 2 is 1.58 bits per heavy atom. The van der Waals surface area contributed by atoms with Crippen LogP contribution in [0.4, 0.5) is 10.1 Å². The van der Waals surface area contributed by atoms with Crippen molar-refractivity contribution in [2.45, 2.75) is 44.3 Å². The highest BCUT2D eigenvalue weighted by Gasteiger charge is 2.33. The molecule has 0 radical (unpaired) electrons. The molecule has 0 aliphatic heterocycles. The lowest BCUT2D eigenvalue weighted by Gasteiger charge is -2.32. The van der Waals surface area contributed by atoms with Gasteiger partial charge in [0.25, 0.3) is 10.0 Å². The van der Waals surface area contributed by atoms with Crippen LogP contribution in [0.3, 0.4) is 0 Å². The number of amides is 2. The number of anilines is 1. The molecule has 3 rings (SSSR count). The van der Waals surface area contributed by atoms with Crippen LogP contribution in [0.15, 0.2) is 77.7 Å². The predicted octanol–water partition coefficient (Wildman–Crippen LogP) is 5.27. The molecule has 3 aromatic rings. The van der Waals surface area contributed by atoms with E-state index in [1.165, 1.54) is 61.5 Å². The number of nitrogens with zero attached hydrogens (tertiary/aromatic N) is 2. The Balaban J connectivity index is 2.04. The van der Waals surface area contributed by atoms with Crippen LogP contribution in [0.25, 0.3) is 0 Å². The van der Waals surface area contributed by atoms with E-state index in [1.54, 1.807) is 32.0 Å². The quantitative estimate of drug-likeness (QED) is 0.354. The van der Waals surface area contributed by atoms with E-state index in [9.17, 15) is 22.4 Å². The SMILES string of the molecule is CC(C)NC(=O)[C@H](C)N(Cc1ccccc1F)C(=O)CN(c1cccc(Cl)c1)S(=O)(=O)c1ccc(Cl)cc1. The summed E-state index contributed by atoms with van der Waals surface area (Å²) >= 11 is 12.1. The first kappa shape index (κ1) is 29.4. The number of sulfonamides is 1. The van der Waals surface area contributed by atoms with E-state index in [1.807, 2.05) is 0 Å². The van der Waals surface area contributed by atoms with Gasteiger partial charge in [0.2, 0.25) is 11.8 Å². The third-order valence-electron chi connectivity index (χ3n) is 5.67. The molecule has 0 unspecified atom stereocenters. The highest BCUT2D eigenvalue weighted by atomic mass is 35.5. The van der Waals surface area contributed by atoms with Crippen molar-refractivity contribution in [3.63, 3.8) is 0 Å². The molecule has 0 aromatic heterocycles. The lowest BCUT2D eigenvalue weighted by atomic mass is 10.1. The Kier molecular flexibility index (Phi) is 9.76. The third kappa shape index (κ3) is 7.24. The standard InChI is InChI=1S/C27H28Cl2FN3O4S/c1-18(2)31-27(35)19(3)32(16-20-7-4-5-10-25(20)30)26(34)17-33(23-9-6-8-22(29)15-23)38(36,37)24-13-11-21(28)12-14-24/h4-15,18-19H,16-17H2,1-3H3,(H,31,35)/t19-/m0/s1. The van der Waals surface area contributed by atoms with Crippen molar-refractivity contribution in [1.82, 2.24) is 10.2 Å². The van der Waals surface area contributed by atoms with Crippen molar-refractivity contribution in [1.29, 1.82) is 0 Å². The summed E-state index contributed by atoms with van der Waals surface area (Å²) < 4.78 is 42.9. The van der Waals surface area contributed by atoms with Gasteiger partial charge in [-0.1, -0.05) is 47.5 Å². The fraction of sp³-hybridized carbons (Fsp3) is 0.259. The molecular formula is C27H28Cl2FN3O4S. The molecule has 202 valence electrons. The second kappa shape index (κ2) is 12.6. The third-order valence-corrected chi connectivity index (χ3v) is 7.95. The summed E-state index contributed by atoms with van der Waals surface area (Å²) in [4.78, 5) is 27.7. The minimum atomic E-state index is -4.27. The summed E-state index contributed by atoms with van der Waals surface area (Å²) in [6.45, 7) is 4.13. The molecular weight excluding hydrogens is 552 g/mol. The van der Waals surface area contributed by atoms with E-state index in [0.717, 1.165) is 9.21 Å². The predicted molar refractivity (Wildman–Crippen MR) is 147 cm³/mol. The average Bonchev–Trinajstić information content (AvgIpc) is 2.86. The van der Waals surface area contributed by atoms with Crippen LogP contribution in [0.5, 0.6) is 0 Å². The molecule has 0 saturated carbocycles. The van der Waals surface area contributed by atoms with Gasteiger partial charge >= 0.3 is 0 Å². The van der Waals surface area contributed by atoms with E-state index in [2.05, 4.69) is 5.32 Å². The molecule has 38 heavy (non-hydrogen) atoms. The molecule has 0 heterocycles. The van der Waals surface area contributed by atoms with Crippen molar-refractivity contribution < 1.29 is 22.4 Å². The minimum absolute atomic E-state index is 0.0964. The second-order valence-electron chi connectivity index (χ2n) is 8.90. The molecule has 7 nitrogen and oxygen atoms in total. The summed E-state index contributed by atoms with van der Waals surface area (Å²) in [5.74, 6) is -1.72. The first-order valence-corrected chi connectivity index (χ1v) is 14.0. The van der Waals surface area contributed by atoms with E-state index in [4.69, 9.17) is 23.2 Å². The Morgan fingerprint density at radius 1 is 0.921 bits per heavy atom. The Labute approximate surface area is 232 Å². The molecule has 3 aromatic carbocycles. The van der Waals surface area contributed by atoms with Crippen molar-refractivity contribution in [2.75, 3.05) is 10.8 Å². The number of rotatable bonds is 10. The highest BCUT2D eigenvalue weighted by molar-refractivity contribution is 7.92. The molecule has 11 heteroatoms. The molecule has 2 amide bonds. The van der Waals surface area contributed by atoms with Crippen LogP contribution < -0.4 is 9.62 Å². The monoisotopic (exact) mass is 579 g/mol. The van der Waals surface area contributed by atoms with Crippen molar-refractivity contribution >= 4 is 50.7 Å². The number of halogens is 3. The van der Waals surface area contributed by atoms with Crippen LogP contribution in [-0.4, -0.2) is 43.8 Å². The van der Waals surface area contributed by atoms with Crippen LogP contribution in [0.1, 0.15) is 26.3 Å². The van der Waals surface area contributed by atoms with Gasteiger partial charge in [-0.25, -0.2) is 12.8 Å². The number of carbonyl (C=O) groups excluding carboxylic acids is 2. The highest BCUT2D eigenvalue weighted by Crippen LogP contribution is 2.27. The number of hydrogen-bond donors (Lipinski definition) is 1. The van der Waals surface area contributed by atoms with Crippen molar-refractivity contribution in [2.24, 2.45) is 0 Å². The molecule has 0 bridgehead atoms. The molecule has 1 N–H and O–H groups in total. The Hall–Kier alpha value is -3.14. The maximum atomic E-state index is 14.5. The van der Waals surface area contributed by atoms with E-state index >= 15 is 0 Å². The van der Waals surface area contributed by atoms with Gasteiger partial charge in [0.05, 0.1) is 10.6 Å². The normalized spacial score (nSPS) is 12.2. The maximum Gasteiger partial charge on any atom is 0.264 e. The molecule has 0 aliphatic carbocycles. The van der Waals surface area contributed by atoms with Gasteiger partial charge in [-0.15, -0.1) is 0 Å². The van der Waals surface area contributed by atoms with Gasteiger partial charge in [0.15, 0.2) is 0 Å². The van der Waals surface area contributed by atoms with E-state index < -0.39 is 40.2 Å². The Morgan fingerprint density at radius 3 is 2.18 bits per heavy atom. The summed E-state index contributed by atoms with van der Waals surface area (Å²) in [5.41, 5.74) is 0.325. The minimum Gasteiger partial charge on any atom is -0.352 e. The lowest BCUT2D eigenvalue weighted by molar-refractivity contribution is -0.139. The van der Waals surface area contributed by atoms with Crippen LogP contribution in [-0.2, 0) is 26.2 Å². The number of benzene rings is 3. The first-order valence-electron chi connectivity index (χ1n) is 11.8. The smallest absolute Gasteiger partial charge is 0.264 e. The fourth-order valence-corrected chi connectivity index (χ4v) is 5.41. The topological polar surface area (TPSA) is 86.8 Å². The van der Waals surface area contributed by atoms with Gasteiger partial charge in [-0.2, -0.15) is 0 Å². The molecule has 0 aliphatic rings. The largest absolute Gasteiger partial charge is 0.352 e. The fourth-order valence-electron chi connectivity index (χ4n) is 3.69. The summed E-state index contributed by atoms with van der Waals surface area (Å²) in [6, 6.07) is 16.2. The second-order valence-corrected chi connectivity index (χ2v) is 11.6. The molecule has 1 atom stereocenters. The van der Waals surface area contributed by atoms with Gasteiger partial charge in [0.1, 0.15) is 18.4 Å². The van der Waals surface area contributed by atoms with Crippen LogP contribution in [0, 0.1) is 5.82 Å². The zero-order valence-electron chi connectivity index (χ0n) is 21.1. The Bertz CT molecular complexity index is 1400. The van der Waals surface area contributed by atoms with E-state index in [0.29, 0.717) is 5.02 Å².